The highest BCUT2D eigenvalue weighted by Gasteiger charge is 2.31. The van der Waals surface area contributed by atoms with E-state index in [2.05, 4.69) is 0 Å². The molecule has 0 aliphatic heterocycles. The van der Waals surface area contributed by atoms with Crippen molar-refractivity contribution in [3.8, 4) is 0 Å². The summed E-state index contributed by atoms with van der Waals surface area (Å²) in [7, 11) is 0. The van der Waals surface area contributed by atoms with Crippen molar-refractivity contribution in [3.05, 3.63) is 0 Å². The molecule has 0 bridgehead atoms. The first-order valence-corrected chi connectivity index (χ1v) is 6.73. The minimum Gasteiger partial charge on any atom is -0.465 e. The van der Waals surface area contributed by atoms with Crippen LogP contribution in [0.25, 0.3) is 0 Å². The van der Waals surface area contributed by atoms with Gasteiger partial charge in [0.05, 0.1) is 0 Å². The Morgan fingerprint density at radius 1 is 1.17 bits per heavy atom. The van der Waals surface area contributed by atoms with Crippen LogP contribution in [-0.4, -0.2) is 34.0 Å². The third-order valence-corrected chi connectivity index (χ3v) is 3.90. The van der Waals surface area contributed by atoms with Gasteiger partial charge in [-0.05, 0) is 59.3 Å². The number of hydrogen-bond donors (Lipinski definition) is 1. The van der Waals surface area contributed by atoms with Gasteiger partial charge < -0.3 is 10.0 Å². The molecule has 0 atom stereocenters. The third-order valence-electron chi connectivity index (χ3n) is 3.90. The van der Waals surface area contributed by atoms with E-state index in [0.717, 1.165) is 25.7 Å². The first-order chi connectivity index (χ1) is 8.21. The fraction of sp³-hybridized carbons (Fsp3) is 0.857. The molecule has 18 heavy (non-hydrogen) atoms. The maximum Gasteiger partial charge on any atom is 0.407 e. The van der Waals surface area contributed by atoms with E-state index < -0.39 is 6.09 Å². The maximum atomic E-state index is 11.3. The predicted octanol–water partition coefficient (Wildman–Crippen LogP) is 3.16. The zero-order valence-corrected chi connectivity index (χ0v) is 11.9. The first-order valence-electron chi connectivity index (χ1n) is 6.73. The molecule has 1 fully saturated rings. The van der Waals surface area contributed by atoms with E-state index >= 15 is 0 Å². The highest BCUT2D eigenvalue weighted by molar-refractivity contribution is 5.78. The number of carboxylic acid groups (broad SMARTS) is 1. The number of ketones is 1. The summed E-state index contributed by atoms with van der Waals surface area (Å²) in [5.41, 5.74) is -0.358. The Balaban J connectivity index is 2.53. The summed E-state index contributed by atoms with van der Waals surface area (Å²) >= 11 is 0. The molecule has 1 N–H and O–H groups in total. The van der Waals surface area contributed by atoms with E-state index in [1.54, 1.807) is 6.92 Å². The average Bonchev–Trinajstić information content (AvgIpc) is 2.24. The van der Waals surface area contributed by atoms with Gasteiger partial charge in [-0.1, -0.05) is 0 Å². The van der Waals surface area contributed by atoms with Crippen molar-refractivity contribution in [2.24, 2.45) is 11.8 Å². The number of hydrogen-bond acceptors (Lipinski definition) is 2. The summed E-state index contributed by atoms with van der Waals surface area (Å²) in [6.07, 6.45) is 2.90. The molecule has 0 heterocycles. The lowest BCUT2D eigenvalue weighted by Crippen LogP contribution is -2.47. The SMILES string of the molecule is CC(=O)C1CCC(CN(C(=O)O)C(C)(C)C)CC1. The monoisotopic (exact) mass is 255 g/mol. The molecule has 0 unspecified atom stereocenters. The molecule has 0 aromatic carbocycles. The molecule has 104 valence electrons. The van der Waals surface area contributed by atoms with Crippen molar-refractivity contribution in [3.63, 3.8) is 0 Å². The van der Waals surface area contributed by atoms with E-state index in [1.165, 1.54) is 4.90 Å². The standard InChI is InChI=1S/C14H25NO3/c1-10(16)12-7-5-11(6-8-12)9-15(13(17)18)14(2,3)4/h11-12H,5-9H2,1-4H3,(H,17,18). The second-order valence-electron chi connectivity index (χ2n) is 6.39. The van der Waals surface area contributed by atoms with Crippen molar-refractivity contribution >= 4 is 11.9 Å². The number of Topliss-reactive ketones (excluding diaryl/α,β-unsaturated/α-hetero) is 1. The molecule has 1 amide bonds. The molecule has 0 spiro atoms. The zero-order chi connectivity index (χ0) is 13.9. The van der Waals surface area contributed by atoms with Gasteiger partial charge in [0.15, 0.2) is 0 Å². The average molecular weight is 255 g/mol. The molecule has 1 aliphatic rings. The van der Waals surface area contributed by atoms with Crippen LogP contribution in [0.2, 0.25) is 0 Å². The lowest BCUT2D eigenvalue weighted by atomic mass is 9.80. The van der Waals surface area contributed by atoms with Crippen LogP contribution in [0.5, 0.6) is 0 Å². The van der Waals surface area contributed by atoms with E-state index in [4.69, 9.17) is 0 Å². The lowest BCUT2D eigenvalue weighted by Gasteiger charge is -2.37. The number of rotatable bonds is 3. The highest BCUT2D eigenvalue weighted by atomic mass is 16.4. The van der Waals surface area contributed by atoms with Crippen molar-refractivity contribution in [2.75, 3.05) is 6.54 Å². The molecule has 1 aliphatic carbocycles. The normalized spacial score (nSPS) is 24.7. The summed E-state index contributed by atoms with van der Waals surface area (Å²) < 4.78 is 0. The Kier molecular flexibility index (Phi) is 4.77. The van der Waals surface area contributed by atoms with Crippen LogP contribution >= 0.6 is 0 Å². The number of carbonyl (C=O) groups excluding carboxylic acids is 1. The molecule has 4 nitrogen and oxygen atoms in total. The lowest BCUT2D eigenvalue weighted by molar-refractivity contribution is -0.122. The van der Waals surface area contributed by atoms with Crippen molar-refractivity contribution in [2.45, 2.75) is 58.9 Å². The summed E-state index contributed by atoms with van der Waals surface area (Å²) in [5.74, 6) is 0.879. The van der Waals surface area contributed by atoms with Crippen LogP contribution in [0.15, 0.2) is 0 Å². The second-order valence-corrected chi connectivity index (χ2v) is 6.39. The second kappa shape index (κ2) is 5.72. The largest absolute Gasteiger partial charge is 0.465 e. The van der Waals surface area contributed by atoms with E-state index in [0.29, 0.717) is 12.5 Å². The Hall–Kier alpha value is -1.06. The number of nitrogens with zero attached hydrogens (tertiary/aromatic N) is 1. The predicted molar refractivity (Wildman–Crippen MR) is 70.6 cm³/mol. The van der Waals surface area contributed by atoms with Crippen LogP contribution in [-0.2, 0) is 4.79 Å². The van der Waals surface area contributed by atoms with Gasteiger partial charge in [-0.2, -0.15) is 0 Å². The Morgan fingerprint density at radius 2 is 1.67 bits per heavy atom. The summed E-state index contributed by atoms with van der Waals surface area (Å²) in [4.78, 5) is 24.1. The Morgan fingerprint density at radius 3 is 2.00 bits per heavy atom. The molecular weight excluding hydrogens is 230 g/mol. The van der Waals surface area contributed by atoms with Crippen LogP contribution in [0.3, 0.4) is 0 Å². The van der Waals surface area contributed by atoms with Crippen LogP contribution in [0, 0.1) is 11.8 Å². The molecular formula is C14H25NO3. The summed E-state index contributed by atoms with van der Waals surface area (Å²) in [6, 6.07) is 0. The zero-order valence-electron chi connectivity index (χ0n) is 11.9. The van der Waals surface area contributed by atoms with Gasteiger partial charge >= 0.3 is 6.09 Å². The van der Waals surface area contributed by atoms with E-state index in [1.807, 2.05) is 20.8 Å². The Labute approximate surface area is 109 Å². The van der Waals surface area contributed by atoms with Crippen LogP contribution in [0.1, 0.15) is 53.4 Å². The van der Waals surface area contributed by atoms with Gasteiger partial charge in [-0.3, -0.25) is 4.79 Å². The summed E-state index contributed by atoms with van der Waals surface area (Å²) in [5, 5.41) is 9.25. The van der Waals surface area contributed by atoms with Gasteiger partial charge in [0.2, 0.25) is 0 Å². The number of carbonyl (C=O) groups is 2. The molecule has 0 aromatic heterocycles. The maximum absolute atomic E-state index is 11.3. The quantitative estimate of drug-likeness (QED) is 0.842. The fourth-order valence-electron chi connectivity index (χ4n) is 2.65. The molecule has 0 saturated heterocycles. The van der Waals surface area contributed by atoms with Gasteiger partial charge in [0.25, 0.3) is 0 Å². The van der Waals surface area contributed by atoms with Crippen molar-refractivity contribution < 1.29 is 14.7 Å². The Bertz CT molecular complexity index is 311. The van der Waals surface area contributed by atoms with Gasteiger partial charge in [0.1, 0.15) is 5.78 Å². The van der Waals surface area contributed by atoms with E-state index in [-0.39, 0.29) is 17.2 Å². The summed E-state index contributed by atoms with van der Waals surface area (Å²) in [6.45, 7) is 8.00. The molecule has 1 rings (SSSR count). The first kappa shape index (κ1) is 15.0. The van der Waals surface area contributed by atoms with Gasteiger partial charge in [-0.15, -0.1) is 0 Å². The smallest absolute Gasteiger partial charge is 0.407 e. The van der Waals surface area contributed by atoms with Crippen LogP contribution < -0.4 is 0 Å². The highest BCUT2D eigenvalue weighted by Crippen LogP contribution is 2.31. The minimum absolute atomic E-state index is 0.203. The van der Waals surface area contributed by atoms with Crippen LogP contribution in [0.4, 0.5) is 4.79 Å². The van der Waals surface area contributed by atoms with Crippen molar-refractivity contribution in [1.29, 1.82) is 0 Å². The molecule has 0 radical (unpaired) electrons. The molecule has 1 saturated carbocycles. The van der Waals surface area contributed by atoms with Crippen molar-refractivity contribution in [1.82, 2.24) is 4.90 Å². The van der Waals surface area contributed by atoms with Gasteiger partial charge in [-0.25, -0.2) is 4.79 Å². The molecule has 0 aromatic rings. The molecule has 4 heteroatoms. The van der Waals surface area contributed by atoms with Gasteiger partial charge in [0, 0.05) is 18.0 Å². The minimum atomic E-state index is -0.851. The topological polar surface area (TPSA) is 57.6 Å². The number of amides is 1. The van der Waals surface area contributed by atoms with E-state index in [9.17, 15) is 14.7 Å². The third kappa shape index (κ3) is 4.00. The fourth-order valence-corrected chi connectivity index (χ4v) is 2.65.